The summed E-state index contributed by atoms with van der Waals surface area (Å²) in [4.78, 5) is 25.5. The van der Waals surface area contributed by atoms with E-state index in [-0.39, 0.29) is 11.8 Å². The first kappa shape index (κ1) is 17.8. The fraction of sp³-hybridized carbons (Fsp3) is 0.467. The van der Waals surface area contributed by atoms with Crippen molar-refractivity contribution in [2.75, 3.05) is 24.8 Å². The monoisotopic (exact) mass is 330 g/mol. The summed E-state index contributed by atoms with van der Waals surface area (Å²) >= 11 is 11.4. The van der Waals surface area contributed by atoms with Crippen molar-refractivity contribution in [1.29, 1.82) is 0 Å². The molecule has 0 spiro atoms. The number of hydrogen-bond acceptors (Lipinski definition) is 2. The molecule has 1 N–H and O–H groups in total. The molecule has 1 atom stereocenters. The number of carbonyl (C=O) groups is 2. The SMILES string of the molecule is CC(=O)NC(Cc1ccccc1)C(=O)N(CCCl)CCCl. The van der Waals surface area contributed by atoms with Crippen LogP contribution in [0.25, 0.3) is 0 Å². The predicted molar refractivity (Wildman–Crippen MR) is 85.8 cm³/mol. The number of nitrogens with zero attached hydrogens (tertiary/aromatic N) is 1. The molecular weight excluding hydrogens is 311 g/mol. The summed E-state index contributed by atoms with van der Waals surface area (Å²) < 4.78 is 0. The molecule has 0 bridgehead atoms. The van der Waals surface area contributed by atoms with E-state index in [0.717, 1.165) is 5.56 Å². The van der Waals surface area contributed by atoms with E-state index in [4.69, 9.17) is 23.2 Å². The third kappa shape index (κ3) is 6.36. The lowest BCUT2D eigenvalue weighted by molar-refractivity contribution is -0.135. The highest BCUT2D eigenvalue weighted by molar-refractivity contribution is 6.18. The molecule has 0 aliphatic carbocycles. The molecule has 4 nitrogen and oxygen atoms in total. The molecule has 1 rings (SSSR count). The first-order chi connectivity index (χ1) is 10.1. The number of benzene rings is 1. The lowest BCUT2D eigenvalue weighted by Crippen LogP contribution is -2.50. The third-order valence-electron chi connectivity index (χ3n) is 2.98. The van der Waals surface area contributed by atoms with Gasteiger partial charge in [0, 0.05) is 38.2 Å². The molecule has 0 radical (unpaired) electrons. The fourth-order valence-corrected chi connectivity index (χ4v) is 2.46. The van der Waals surface area contributed by atoms with E-state index in [1.807, 2.05) is 30.3 Å². The Morgan fingerprint density at radius 1 is 1.14 bits per heavy atom. The Hall–Kier alpha value is -1.26. The van der Waals surface area contributed by atoms with E-state index >= 15 is 0 Å². The summed E-state index contributed by atoms with van der Waals surface area (Å²) in [5, 5.41) is 2.71. The maximum atomic E-state index is 12.6. The Kier molecular flexibility index (Phi) is 8.16. The lowest BCUT2D eigenvalue weighted by atomic mass is 10.0. The van der Waals surface area contributed by atoms with Gasteiger partial charge in [0.15, 0.2) is 0 Å². The second-order valence-corrected chi connectivity index (χ2v) is 5.40. The number of rotatable bonds is 8. The van der Waals surface area contributed by atoms with Crippen LogP contribution in [-0.4, -0.2) is 47.6 Å². The molecule has 6 heteroatoms. The average molecular weight is 331 g/mol. The van der Waals surface area contributed by atoms with E-state index in [0.29, 0.717) is 31.3 Å². The number of carbonyl (C=O) groups excluding carboxylic acids is 2. The van der Waals surface area contributed by atoms with Gasteiger partial charge in [-0.3, -0.25) is 9.59 Å². The third-order valence-corrected chi connectivity index (χ3v) is 3.32. The van der Waals surface area contributed by atoms with Crippen molar-refractivity contribution in [3.8, 4) is 0 Å². The normalized spacial score (nSPS) is 11.8. The molecule has 1 unspecified atom stereocenters. The van der Waals surface area contributed by atoms with Gasteiger partial charge in [-0.25, -0.2) is 0 Å². The highest BCUT2D eigenvalue weighted by atomic mass is 35.5. The van der Waals surface area contributed by atoms with Crippen molar-refractivity contribution in [2.45, 2.75) is 19.4 Å². The van der Waals surface area contributed by atoms with Crippen molar-refractivity contribution in [3.63, 3.8) is 0 Å². The highest BCUT2D eigenvalue weighted by Crippen LogP contribution is 2.07. The topological polar surface area (TPSA) is 49.4 Å². The van der Waals surface area contributed by atoms with Gasteiger partial charge < -0.3 is 10.2 Å². The quantitative estimate of drug-likeness (QED) is 0.741. The van der Waals surface area contributed by atoms with Gasteiger partial charge in [0.2, 0.25) is 11.8 Å². The first-order valence-electron chi connectivity index (χ1n) is 6.80. The van der Waals surface area contributed by atoms with Crippen LogP contribution in [0.15, 0.2) is 30.3 Å². The summed E-state index contributed by atoms with van der Waals surface area (Å²) in [6, 6.07) is 8.97. The molecular formula is C15H20Cl2N2O2. The van der Waals surface area contributed by atoms with Gasteiger partial charge in [-0.15, -0.1) is 23.2 Å². The molecule has 2 amide bonds. The molecule has 116 valence electrons. The minimum Gasteiger partial charge on any atom is -0.344 e. The maximum absolute atomic E-state index is 12.6. The van der Waals surface area contributed by atoms with E-state index < -0.39 is 6.04 Å². The van der Waals surface area contributed by atoms with Crippen LogP contribution in [0.4, 0.5) is 0 Å². The standard InChI is InChI=1S/C15H20Cl2N2O2/c1-12(20)18-14(11-13-5-3-2-4-6-13)15(21)19(9-7-16)10-8-17/h2-6,14H,7-11H2,1H3,(H,18,20). The zero-order valence-corrected chi connectivity index (χ0v) is 13.5. The fourth-order valence-electron chi connectivity index (χ4n) is 2.05. The van der Waals surface area contributed by atoms with Crippen molar-refractivity contribution in [3.05, 3.63) is 35.9 Å². The first-order valence-corrected chi connectivity index (χ1v) is 7.87. The molecule has 0 saturated heterocycles. The van der Waals surface area contributed by atoms with Gasteiger partial charge >= 0.3 is 0 Å². The summed E-state index contributed by atoms with van der Waals surface area (Å²) in [6.07, 6.45) is 0.445. The smallest absolute Gasteiger partial charge is 0.245 e. The van der Waals surface area contributed by atoms with Crippen molar-refractivity contribution >= 4 is 35.0 Å². The van der Waals surface area contributed by atoms with E-state index in [9.17, 15) is 9.59 Å². The van der Waals surface area contributed by atoms with E-state index in [1.165, 1.54) is 6.92 Å². The van der Waals surface area contributed by atoms with Gasteiger partial charge in [0.25, 0.3) is 0 Å². The second kappa shape index (κ2) is 9.64. The van der Waals surface area contributed by atoms with E-state index in [1.54, 1.807) is 4.90 Å². The molecule has 0 aliphatic heterocycles. The minimum absolute atomic E-state index is 0.157. The van der Waals surface area contributed by atoms with Crippen LogP contribution in [0.3, 0.4) is 0 Å². The number of nitrogens with one attached hydrogen (secondary N) is 1. The van der Waals surface area contributed by atoms with Crippen LogP contribution >= 0.6 is 23.2 Å². The number of amides is 2. The second-order valence-electron chi connectivity index (χ2n) is 4.65. The van der Waals surface area contributed by atoms with Crippen LogP contribution < -0.4 is 5.32 Å². The van der Waals surface area contributed by atoms with Gasteiger partial charge in [-0.2, -0.15) is 0 Å². The molecule has 0 heterocycles. The van der Waals surface area contributed by atoms with Crippen molar-refractivity contribution in [1.82, 2.24) is 10.2 Å². The number of alkyl halides is 2. The molecule has 0 aliphatic rings. The zero-order chi connectivity index (χ0) is 15.7. The van der Waals surface area contributed by atoms with Crippen LogP contribution in [0.5, 0.6) is 0 Å². The average Bonchev–Trinajstić information content (AvgIpc) is 2.46. The largest absolute Gasteiger partial charge is 0.344 e. The number of hydrogen-bond donors (Lipinski definition) is 1. The summed E-state index contributed by atoms with van der Waals surface area (Å²) in [5.41, 5.74) is 0.987. The Balaban J connectivity index is 2.84. The predicted octanol–water partition coefficient (Wildman–Crippen LogP) is 2.04. The van der Waals surface area contributed by atoms with Gasteiger partial charge in [0.1, 0.15) is 6.04 Å². The van der Waals surface area contributed by atoms with Crippen molar-refractivity contribution < 1.29 is 9.59 Å². The summed E-state index contributed by atoms with van der Waals surface area (Å²) in [6.45, 7) is 2.23. The summed E-state index contributed by atoms with van der Waals surface area (Å²) in [5.74, 6) is 0.276. The zero-order valence-electron chi connectivity index (χ0n) is 12.0. The Labute approximate surface area is 135 Å². The Morgan fingerprint density at radius 2 is 1.71 bits per heavy atom. The Bertz CT molecular complexity index is 448. The van der Waals surface area contributed by atoms with Crippen LogP contribution in [0.1, 0.15) is 12.5 Å². The number of halogens is 2. The summed E-state index contributed by atoms with van der Waals surface area (Å²) in [7, 11) is 0. The molecule has 0 aromatic heterocycles. The van der Waals surface area contributed by atoms with Crippen LogP contribution in [0, 0.1) is 0 Å². The lowest BCUT2D eigenvalue weighted by Gasteiger charge is -2.26. The highest BCUT2D eigenvalue weighted by Gasteiger charge is 2.24. The van der Waals surface area contributed by atoms with Gasteiger partial charge in [-0.05, 0) is 5.56 Å². The van der Waals surface area contributed by atoms with Crippen molar-refractivity contribution in [2.24, 2.45) is 0 Å². The van der Waals surface area contributed by atoms with Gasteiger partial charge in [-0.1, -0.05) is 30.3 Å². The molecule has 0 saturated carbocycles. The maximum Gasteiger partial charge on any atom is 0.245 e. The van der Waals surface area contributed by atoms with E-state index in [2.05, 4.69) is 5.32 Å². The minimum atomic E-state index is -0.601. The Morgan fingerprint density at radius 3 is 2.19 bits per heavy atom. The molecule has 1 aromatic carbocycles. The van der Waals surface area contributed by atoms with Crippen LogP contribution in [-0.2, 0) is 16.0 Å². The van der Waals surface area contributed by atoms with Gasteiger partial charge in [0.05, 0.1) is 0 Å². The van der Waals surface area contributed by atoms with Crippen LogP contribution in [0.2, 0.25) is 0 Å². The molecule has 0 fully saturated rings. The molecule has 21 heavy (non-hydrogen) atoms. The molecule has 1 aromatic rings.